The van der Waals surface area contributed by atoms with Crippen molar-refractivity contribution in [2.45, 2.75) is 0 Å². The molecule has 6 rings (SSSR count). The summed E-state index contributed by atoms with van der Waals surface area (Å²) in [6, 6.07) is 26.2. The predicted octanol–water partition coefficient (Wildman–Crippen LogP) is 5.68. The molecule has 0 aliphatic carbocycles. The van der Waals surface area contributed by atoms with Crippen molar-refractivity contribution in [3.05, 3.63) is 90.4 Å². The van der Waals surface area contributed by atoms with E-state index < -0.39 is 0 Å². The SMILES string of the molecule is c1ccc(-c2cn(-c3ccc(-c4csc(Nc5n[nH]c6ccccc56)n4)cc3)nn2)cc1. The van der Waals surface area contributed by atoms with Gasteiger partial charge in [-0.1, -0.05) is 59.8 Å². The molecule has 3 aromatic carbocycles. The van der Waals surface area contributed by atoms with Crippen molar-refractivity contribution >= 4 is 33.2 Å². The van der Waals surface area contributed by atoms with Gasteiger partial charge in [0.25, 0.3) is 0 Å². The van der Waals surface area contributed by atoms with E-state index in [1.54, 1.807) is 16.0 Å². The minimum absolute atomic E-state index is 0.775. The number of aromatic amines is 1. The minimum atomic E-state index is 0.775. The van der Waals surface area contributed by atoms with Crippen LogP contribution in [-0.4, -0.2) is 30.2 Å². The van der Waals surface area contributed by atoms with Gasteiger partial charge < -0.3 is 5.32 Å². The maximum Gasteiger partial charge on any atom is 0.188 e. The van der Waals surface area contributed by atoms with E-state index in [1.165, 1.54) is 0 Å². The van der Waals surface area contributed by atoms with Crippen LogP contribution in [0.4, 0.5) is 10.9 Å². The van der Waals surface area contributed by atoms with Crippen LogP contribution in [0.1, 0.15) is 0 Å². The van der Waals surface area contributed by atoms with Gasteiger partial charge in [0, 0.05) is 21.9 Å². The summed E-state index contributed by atoms with van der Waals surface area (Å²) >= 11 is 1.55. The predicted molar refractivity (Wildman–Crippen MR) is 127 cm³/mol. The monoisotopic (exact) mass is 435 g/mol. The molecule has 0 saturated carbocycles. The molecule has 0 saturated heterocycles. The Balaban J connectivity index is 1.21. The second kappa shape index (κ2) is 7.75. The topological polar surface area (TPSA) is 84.3 Å². The Morgan fingerprint density at radius 3 is 2.47 bits per heavy atom. The fourth-order valence-corrected chi connectivity index (χ4v) is 4.26. The number of fused-ring (bicyclic) bond motifs is 1. The van der Waals surface area contributed by atoms with E-state index in [2.05, 4.69) is 25.8 Å². The first-order chi connectivity index (χ1) is 15.8. The maximum atomic E-state index is 4.73. The molecule has 154 valence electrons. The highest BCUT2D eigenvalue weighted by molar-refractivity contribution is 7.14. The molecule has 0 spiro atoms. The lowest BCUT2D eigenvalue weighted by atomic mass is 10.1. The second-order valence-corrected chi connectivity index (χ2v) is 8.10. The summed E-state index contributed by atoms with van der Waals surface area (Å²) in [7, 11) is 0. The zero-order chi connectivity index (χ0) is 21.3. The van der Waals surface area contributed by atoms with E-state index in [1.807, 2.05) is 90.4 Å². The number of nitrogens with zero attached hydrogens (tertiary/aromatic N) is 5. The standard InChI is InChI=1S/C24H17N7S/c1-2-6-16(7-3-1)21-14-31(30-28-21)18-12-10-17(11-13-18)22-15-32-24(25-22)26-23-19-8-4-5-9-20(19)27-29-23/h1-15H,(H2,25,26,27,29). The van der Waals surface area contributed by atoms with Crippen LogP contribution in [0.2, 0.25) is 0 Å². The Kier molecular flexibility index (Phi) is 4.47. The zero-order valence-electron chi connectivity index (χ0n) is 16.8. The smallest absolute Gasteiger partial charge is 0.188 e. The summed E-state index contributed by atoms with van der Waals surface area (Å²) in [5, 5.41) is 23.1. The summed E-state index contributed by atoms with van der Waals surface area (Å²) in [5.74, 6) is 0.775. The lowest BCUT2D eigenvalue weighted by molar-refractivity contribution is 0.804. The molecule has 0 aliphatic heterocycles. The van der Waals surface area contributed by atoms with Gasteiger partial charge in [0.15, 0.2) is 10.9 Å². The molecule has 7 nitrogen and oxygen atoms in total. The molecule has 0 atom stereocenters. The number of rotatable bonds is 5. The van der Waals surface area contributed by atoms with Gasteiger partial charge in [-0.3, -0.25) is 5.10 Å². The molecular formula is C24H17N7S. The van der Waals surface area contributed by atoms with Gasteiger partial charge in [-0.2, -0.15) is 5.10 Å². The fourth-order valence-electron chi connectivity index (χ4n) is 3.54. The Bertz CT molecular complexity index is 1500. The number of benzene rings is 3. The quantitative estimate of drug-likeness (QED) is 0.364. The number of H-pyrrole nitrogens is 1. The van der Waals surface area contributed by atoms with Crippen molar-refractivity contribution in [3.8, 4) is 28.2 Å². The van der Waals surface area contributed by atoms with Crippen molar-refractivity contribution in [1.82, 2.24) is 30.2 Å². The molecule has 3 aromatic heterocycles. The summed E-state index contributed by atoms with van der Waals surface area (Å²) < 4.78 is 1.78. The number of aromatic nitrogens is 6. The first kappa shape index (κ1) is 18.5. The lowest BCUT2D eigenvalue weighted by Crippen LogP contribution is -1.94. The maximum absolute atomic E-state index is 4.73. The molecule has 0 fully saturated rings. The van der Waals surface area contributed by atoms with Crippen LogP contribution in [-0.2, 0) is 0 Å². The molecule has 8 heteroatoms. The van der Waals surface area contributed by atoms with Crippen molar-refractivity contribution in [3.63, 3.8) is 0 Å². The van der Waals surface area contributed by atoms with Gasteiger partial charge in [0.2, 0.25) is 0 Å². The molecule has 0 bridgehead atoms. The van der Waals surface area contributed by atoms with Crippen molar-refractivity contribution < 1.29 is 0 Å². The highest BCUT2D eigenvalue weighted by atomic mass is 32.1. The number of anilines is 2. The van der Waals surface area contributed by atoms with E-state index >= 15 is 0 Å². The summed E-state index contributed by atoms with van der Waals surface area (Å²) in [6.07, 6.45) is 1.93. The van der Waals surface area contributed by atoms with E-state index in [4.69, 9.17) is 4.98 Å². The van der Waals surface area contributed by atoms with Crippen LogP contribution < -0.4 is 5.32 Å². The van der Waals surface area contributed by atoms with Gasteiger partial charge in [0.05, 0.1) is 23.1 Å². The minimum Gasteiger partial charge on any atom is -0.314 e. The van der Waals surface area contributed by atoms with Crippen LogP contribution in [0.15, 0.2) is 90.4 Å². The zero-order valence-corrected chi connectivity index (χ0v) is 17.6. The fraction of sp³-hybridized carbons (Fsp3) is 0. The highest BCUT2D eigenvalue weighted by Gasteiger charge is 2.10. The number of hydrogen-bond acceptors (Lipinski definition) is 6. The van der Waals surface area contributed by atoms with Crippen LogP contribution >= 0.6 is 11.3 Å². The van der Waals surface area contributed by atoms with E-state index in [-0.39, 0.29) is 0 Å². The average Bonchev–Trinajstić information content (AvgIpc) is 3.61. The molecule has 0 radical (unpaired) electrons. The molecule has 3 heterocycles. The Morgan fingerprint density at radius 1 is 0.812 bits per heavy atom. The number of hydrogen-bond donors (Lipinski definition) is 2. The third-order valence-electron chi connectivity index (χ3n) is 5.19. The second-order valence-electron chi connectivity index (χ2n) is 7.24. The molecule has 2 N–H and O–H groups in total. The molecule has 0 aliphatic rings. The van der Waals surface area contributed by atoms with Gasteiger partial charge in [-0.05, 0) is 24.3 Å². The highest BCUT2D eigenvalue weighted by Crippen LogP contribution is 2.29. The molecule has 0 amide bonds. The van der Waals surface area contributed by atoms with Gasteiger partial charge in [0.1, 0.15) is 5.69 Å². The van der Waals surface area contributed by atoms with Crippen LogP contribution in [0.3, 0.4) is 0 Å². The van der Waals surface area contributed by atoms with E-state index in [0.29, 0.717) is 0 Å². The largest absolute Gasteiger partial charge is 0.314 e. The molecule has 0 unspecified atom stereocenters. The third-order valence-corrected chi connectivity index (χ3v) is 5.95. The third kappa shape index (κ3) is 3.42. The normalized spacial score (nSPS) is 11.1. The molecule has 6 aromatic rings. The summed E-state index contributed by atoms with van der Waals surface area (Å²) in [5.41, 5.74) is 5.77. The van der Waals surface area contributed by atoms with Gasteiger partial charge >= 0.3 is 0 Å². The van der Waals surface area contributed by atoms with Crippen LogP contribution in [0.5, 0.6) is 0 Å². The first-order valence-electron chi connectivity index (χ1n) is 10.1. The first-order valence-corrected chi connectivity index (χ1v) is 11.0. The summed E-state index contributed by atoms with van der Waals surface area (Å²) in [4.78, 5) is 4.73. The van der Waals surface area contributed by atoms with Crippen LogP contribution in [0.25, 0.3) is 39.1 Å². The Labute approximate surface area is 187 Å². The Hall–Kier alpha value is -4.30. The lowest BCUT2D eigenvalue weighted by Gasteiger charge is -2.02. The van der Waals surface area contributed by atoms with Crippen LogP contribution in [0, 0.1) is 0 Å². The molecular weight excluding hydrogens is 418 g/mol. The van der Waals surface area contributed by atoms with Gasteiger partial charge in [-0.15, -0.1) is 16.4 Å². The Morgan fingerprint density at radius 2 is 1.59 bits per heavy atom. The van der Waals surface area contributed by atoms with Crippen molar-refractivity contribution in [1.29, 1.82) is 0 Å². The van der Waals surface area contributed by atoms with Crippen molar-refractivity contribution in [2.24, 2.45) is 0 Å². The summed E-state index contributed by atoms with van der Waals surface area (Å²) in [6.45, 7) is 0. The van der Waals surface area contributed by atoms with E-state index in [0.717, 1.165) is 50.1 Å². The average molecular weight is 436 g/mol. The number of para-hydroxylation sites is 1. The van der Waals surface area contributed by atoms with Crippen molar-refractivity contribution in [2.75, 3.05) is 5.32 Å². The molecule has 32 heavy (non-hydrogen) atoms. The van der Waals surface area contributed by atoms with E-state index in [9.17, 15) is 0 Å². The van der Waals surface area contributed by atoms with Gasteiger partial charge in [-0.25, -0.2) is 9.67 Å². The number of thiazole rings is 1. The number of nitrogens with one attached hydrogen (secondary N) is 2.